The van der Waals surface area contributed by atoms with E-state index in [2.05, 4.69) is 94.9 Å². The number of thiazole rings is 1. The summed E-state index contributed by atoms with van der Waals surface area (Å²) in [4.78, 5) is 17.9. The Bertz CT molecular complexity index is 1270. The van der Waals surface area contributed by atoms with E-state index in [0.29, 0.717) is 11.8 Å². The maximum absolute atomic E-state index is 11.3. The van der Waals surface area contributed by atoms with E-state index in [1.165, 1.54) is 33.2 Å². The second-order valence-electron chi connectivity index (χ2n) is 9.03. The molecule has 1 aromatic heterocycles. The van der Waals surface area contributed by atoms with Crippen molar-refractivity contribution in [2.24, 2.45) is 5.92 Å². The van der Waals surface area contributed by atoms with Crippen LogP contribution in [0, 0.1) is 5.92 Å². The molecule has 174 valence electrons. The molecule has 34 heavy (non-hydrogen) atoms. The minimum absolute atomic E-state index is 0.129. The molecular weight excluding hydrogens is 442 g/mol. The van der Waals surface area contributed by atoms with Crippen LogP contribution in [0.15, 0.2) is 78.2 Å². The van der Waals surface area contributed by atoms with Gasteiger partial charge in [-0.25, -0.2) is 9.78 Å². The van der Waals surface area contributed by atoms with Gasteiger partial charge in [-0.2, -0.15) is 0 Å². The fourth-order valence-corrected chi connectivity index (χ4v) is 5.91. The molecular formula is C28H29N3O2S. The summed E-state index contributed by atoms with van der Waals surface area (Å²) in [6.07, 6.45) is 1.02. The zero-order valence-corrected chi connectivity index (χ0v) is 20.0. The molecule has 0 radical (unpaired) electrons. The smallest absolute Gasteiger partial charge is 0.355 e. The molecule has 0 saturated carbocycles. The van der Waals surface area contributed by atoms with Crippen molar-refractivity contribution in [3.8, 4) is 0 Å². The van der Waals surface area contributed by atoms with Gasteiger partial charge in [0.05, 0.1) is 0 Å². The number of aromatic carboxylic acids is 1. The molecule has 0 bridgehead atoms. The largest absolute Gasteiger partial charge is 0.476 e. The summed E-state index contributed by atoms with van der Waals surface area (Å²) in [6.45, 7) is 4.89. The Hall–Kier alpha value is -3.22. The van der Waals surface area contributed by atoms with Gasteiger partial charge in [-0.05, 0) is 47.7 Å². The van der Waals surface area contributed by atoms with E-state index >= 15 is 0 Å². The first-order chi connectivity index (χ1) is 16.6. The van der Waals surface area contributed by atoms with Crippen LogP contribution in [0.5, 0.6) is 0 Å². The summed E-state index contributed by atoms with van der Waals surface area (Å²) < 4.78 is 0. The maximum atomic E-state index is 11.3. The van der Waals surface area contributed by atoms with Crippen LogP contribution in [-0.4, -0.2) is 35.7 Å². The van der Waals surface area contributed by atoms with Gasteiger partial charge in [-0.15, -0.1) is 11.3 Å². The van der Waals surface area contributed by atoms with Gasteiger partial charge in [-0.3, -0.25) is 0 Å². The number of rotatable bonds is 7. The zero-order valence-electron chi connectivity index (χ0n) is 19.2. The lowest BCUT2D eigenvalue weighted by Gasteiger charge is -2.39. The third-order valence-corrected chi connectivity index (χ3v) is 7.84. The van der Waals surface area contributed by atoms with Crippen molar-refractivity contribution >= 4 is 33.2 Å². The SMILES string of the molecule is C[C@@H](NCC1CCN(c2nc(C(=O)O)cs2)CC1c1ccccc1)c1cccc2ccccc12. The van der Waals surface area contributed by atoms with E-state index in [4.69, 9.17) is 0 Å². The highest BCUT2D eigenvalue weighted by atomic mass is 32.1. The van der Waals surface area contributed by atoms with Gasteiger partial charge < -0.3 is 15.3 Å². The third-order valence-electron chi connectivity index (χ3n) is 6.94. The number of fused-ring (bicyclic) bond motifs is 1. The van der Waals surface area contributed by atoms with E-state index in [9.17, 15) is 9.90 Å². The molecule has 1 saturated heterocycles. The van der Waals surface area contributed by atoms with Crippen LogP contribution < -0.4 is 10.2 Å². The first kappa shape index (κ1) is 22.6. The van der Waals surface area contributed by atoms with Gasteiger partial charge in [0.1, 0.15) is 0 Å². The monoisotopic (exact) mass is 471 g/mol. The van der Waals surface area contributed by atoms with Crippen LogP contribution in [0.3, 0.4) is 0 Å². The molecule has 2 unspecified atom stereocenters. The van der Waals surface area contributed by atoms with Crippen LogP contribution in [-0.2, 0) is 0 Å². The predicted molar refractivity (Wildman–Crippen MR) is 139 cm³/mol. The Balaban J connectivity index is 1.33. The molecule has 6 heteroatoms. The minimum atomic E-state index is -0.969. The standard InChI is InChI=1S/C28H29N3O2S/c1-19(23-13-7-11-20-10-5-6-12-24(20)23)29-16-22-14-15-31(28-30-26(18-34-28)27(32)33)17-25(22)21-8-3-2-4-9-21/h2-13,18-19,22,25,29H,14-17H2,1H3,(H,32,33)/t19-,22?,25?/m1/s1. The van der Waals surface area contributed by atoms with E-state index in [1.54, 1.807) is 5.38 Å². The molecule has 2 N–H and O–H groups in total. The predicted octanol–water partition coefficient (Wildman–Crippen LogP) is 5.96. The van der Waals surface area contributed by atoms with Gasteiger partial charge in [-0.1, -0.05) is 72.8 Å². The molecule has 1 aliphatic rings. The van der Waals surface area contributed by atoms with Crippen molar-refractivity contribution in [1.82, 2.24) is 10.3 Å². The van der Waals surface area contributed by atoms with Crippen molar-refractivity contribution < 1.29 is 9.90 Å². The zero-order chi connectivity index (χ0) is 23.5. The average molecular weight is 472 g/mol. The Labute approximate surface area is 204 Å². The number of piperidine rings is 1. The van der Waals surface area contributed by atoms with E-state index in [-0.39, 0.29) is 11.7 Å². The third kappa shape index (κ3) is 4.69. The van der Waals surface area contributed by atoms with Crippen LogP contribution in [0.1, 0.15) is 46.9 Å². The number of hydrogen-bond acceptors (Lipinski definition) is 5. The van der Waals surface area contributed by atoms with Crippen molar-refractivity contribution in [3.63, 3.8) is 0 Å². The summed E-state index contributed by atoms with van der Waals surface area (Å²) in [6, 6.07) is 26.0. The number of aromatic nitrogens is 1. The second-order valence-corrected chi connectivity index (χ2v) is 9.87. The quantitative estimate of drug-likeness (QED) is 0.348. The van der Waals surface area contributed by atoms with Crippen molar-refractivity contribution in [2.75, 3.05) is 24.5 Å². The Morgan fingerprint density at radius 1 is 1.12 bits per heavy atom. The maximum Gasteiger partial charge on any atom is 0.355 e. The second kappa shape index (κ2) is 9.95. The molecule has 1 aliphatic heterocycles. The summed E-state index contributed by atoms with van der Waals surface area (Å²) in [7, 11) is 0. The summed E-state index contributed by atoms with van der Waals surface area (Å²) in [5, 5.41) is 18.1. The lowest BCUT2D eigenvalue weighted by molar-refractivity contribution is 0.0691. The Morgan fingerprint density at radius 2 is 1.88 bits per heavy atom. The van der Waals surface area contributed by atoms with E-state index in [1.807, 2.05) is 0 Å². The Kier molecular flexibility index (Phi) is 6.61. The first-order valence-electron chi connectivity index (χ1n) is 11.8. The normalized spacial score (nSPS) is 19.3. The van der Waals surface area contributed by atoms with E-state index in [0.717, 1.165) is 31.2 Å². The van der Waals surface area contributed by atoms with Crippen molar-refractivity contribution in [3.05, 3.63) is 95.0 Å². The lowest BCUT2D eigenvalue weighted by atomic mass is 9.80. The molecule has 1 fully saturated rings. The number of carboxylic acids is 1. The molecule has 5 rings (SSSR count). The van der Waals surface area contributed by atoms with Crippen LogP contribution >= 0.6 is 11.3 Å². The summed E-state index contributed by atoms with van der Waals surface area (Å²) in [5.41, 5.74) is 2.78. The van der Waals surface area contributed by atoms with Gasteiger partial charge >= 0.3 is 5.97 Å². The van der Waals surface area contributed by atoms with Gasteiger partial charge in [0.15, 0.2) is 10.8 Å². The molecule has 0 aliphatic carbocycles. The van der Waals surface area contributed by atoms with Crippen LogP contribution in [0.2, 0.25) is 0 Å². The van der Waals surface area contributed by atoms with Crippen LogP contribution in [0.4, 0.5) is 5.13 Å². The van der Waals surface area contributed by atoms with Crippen molar-refractivity contribution in [1.29, 1.82) is 0 Å². The highest BCUT2D eigenvalue weighted by molar-refractivity contribution is 7.13. The molecule has 4 aromatic rings. The highest BCUT2D eigenvalue weighted by Crippen LogP contribution is 2.36. The molecule has 2 heterocycles. The topological polar surface area (TPSA) is 65.5 Å². The number of carbonyl (C=O) groups is 1. The average Bonchev–Trinajstić information content (AvgIpc) is 3.38. The minimum Gasteiger partial charge on any atom is -0.476 e. The number of anilines is 1. The molecule has 3 aromatic carbocycles. The summed E-state index contributed by atoms with van der Waals surface area (Å²) >= 11 is 1.42. The number of nitrogens with one attached hydrogen (secondary N) is 1. The van der Waals surface area contributed by atoms with Gasteiger partial charge in [0.2, 0.25) is 0 Å². The lowest BCUT2D eigenvalue weighted by Crippen LogP contribution is -2.43. The Morgan fingerprint density at radius 3 is 2.68 bits per heavy atom. The number of benzene rings is 3. The highest BCUT2D eigenvalue weighted by Gasteiger charge is 2.32. The van der Waals surface area contributed by atoms with Crippen molar-refractivity contribution in [2.45, 2.75) is 25.3 Å². The molecule has 0 spiro atoms. The van der Waals surface area contributed by atoms with Gasteiger partial charge in [0, 0.05) is 30.4 Å². The van der Waals surface area contributed by atoms with Crippen LogP contribution in [0.25, 0.3) is 10.8 Å². The molecule has 5 nitrogen and oxygen atoms in total. The van der Waals surface area contributed by atoms with Gasteiger partial charge in [0.25, 0.3) is 0 Å². The van der Waals surface area contributed by atoms with E-state index < -0.39 is 5.97 Å². The number of carboxylic acid groups (broad SMARTS) is 1. The summed E-state index contributed by atoms with van der Waals surface area (Å²) in [5.74, 6) is -0.141. The number of hydrogen-bond donors (Lipinski definition) is 2. The fraction of sp³-hybridized carbons (Fsp3) is 0.286. The number of nitrogens with zero attached hydrogens (tertiary/aromatic N) is 2. The molecule has 3 atom stereocenters. The molecule has 0 amide bonds. The fourth-order valence-electron chi connectivity index (χ4n) is 5.07. The first-order valence-corrected chi connectivity index (χ1v) is 12.7.